The van der Waals surface area contributed by atoms with E-state index >= 15 is 0 Å². The van der Waals surface area contributed by atoms with E-state index < -0.39 is 5.97 Å². The fourth-order valence-electron chi connectivity index (χ4n) is 2.02. The molecule has 0 heterocycles. The number of rotatable bonds is 4. The summed E-state index contributed by atoms with van der Waals surface area (Å²) in [4.78, 5) is 11.1. The molecule has 0 amide bonds. The zero-order valence-electron chi connectivity index (χ0n) is 11.6. The first kappa shape index (κ1) is 13.9. The largest absolute Gasteiger partial charge is 0.478 e. The fourth-order valence-corrected chi connectivity index (χ4v) is 2.02. The van der Waals surface area contributed by atoms with Gasteiger partial charge in [-0.3, -0.25) is 0 Å². The molecule has 2 aromatic carbocycles. The Labute approximate surface area is 118 Å². The summed E-state index contributed by atoms with van der Waals surface area (Å²) in [7, 11) is 0. The van der Waals surface area contributed by atoms with Crippen LogP contribution in [0.5, 0.6) is 0 Å². The first-order valence-corrected chi connectivity index (χ1v) is 6.43. The number of benzene rings is 2. The Morgan fingerprint density at radius 3 is 2.45 bits per heavy atom. The summed E-state index contributed by atoms with van der Waals surface area (Å²) >= 11 is 0. The van der Waals surface area contributed by atoms with Gasteiger partial charge in [-0.2, -0.15) is 0 Å². The van der Waals surface area contributed by atoms with E-state index in [0.717, 1.165) is 11.3 Å². The van der Waals surface area contributed by atoms with Gasteiger partial charge in [-0.1, -0.05) is 29.8 Å². The Morgan fingerprint density at radius 1 is 1.20 bits per heavy atom. The van der Waals surface area contributed by atoms with Crippen LogP contribution in [-0.2, 0) is 0 Å². The van der Waals surface area contributed by atoms with Gasteiger partial charge in [-0.25, -0.2) is 4.79 Å². The van der Waals surface area contributed by atoms with Crippen molar-refractivity contribution in [3.63, 3.8) is 0 Å². The van der Waals surface area contributed by atoms with Crippen molar-refractivity contribution in [2.24, 2.45) is 0 Å². The quantitative estimate of drug-likeness (QED) is 0.744. The Hall–Kier alpha value is -2.49. The maximum Gasteiger partial charge on any atom is 0.337 e. The number of carboxylic acids is 1. The molecule has 0 saturated heterocycles. The summed E-state index contributed by atoms with van der Waals surface area (Å²) in [6, 6.07) is 13.3. The number of anilines is 2. The molecule has 0 aliphatic rings. The molecule has 1 unspecified atom stereocenters. The summed E-state index contributed by atoms with van der Waals surface area (Å²) in [6.07, 6.45) is 0. The van der Waals surface area contributed by atoms with Crippen molar-refractivity contribution in [1.82, 2.24) is 0 Å². The summed E-state index contributed by atoms with van der Waals surface area (Å²) in [6.45, 7) is 4.07. The highest BCUT2D eigenvalue weighted by molar-refractivity contribution is 5.94. The minimum atomic E-state index is -1.02. The molecule has 0 bridgehead atoms. The third-order valence-corrected chi connectivity index (χ3v) is 3.24. The van der Waals surface area contributed by atoms with Crippen molar-refractivity contribution in [1.29, 1.82) is 0 Å². The molecule has 104 valence electrons. The van der Waals surface area contributed by atoms with E-state index in [-0.39, 0.29) is 17.3 Å². The second-order valence-electron chi connectivity index (χ2n) is 4.88. The van der Waals surface area contributed by atoms with E-state index in [1.54, 1.807) is 18.2 Å². The Kier molecular flexibility index (Phi) is 3.94. The van der Waals surface area contributed by atoms with Crippen LogP contribution in [0, 0.1) is 6.92 Å². The van der Waals surface area contributed by atoms with Gasteiger partial charge in [0.05, 0.1) is 5.56 Å². The third kappa shape index (κ3) is 3.09. The number of carboxylic acid groups (broad SMARTS) is 1. The molecule has 0 fully saturated rings. The molecule has 4 nitrogen and oxygen atoms in total. The highest BCUT2D eigenvalue weighted by Crippen LogP contribution is 2.23. The predicted molar refractivity (Wildman–Crippen MR) is 81.0 cm³/mol. The Bertz CT molecular complexity index is 621. The number of aromatic carboxylic acids is 1. The molecular formula is C16H18N2O2. The smallest absolute Gasteiger partial charge is 0.337 e. The van der Waals surface area contributed by atoms with E-state index in [0.29, 0.717) is 0 Å². The summed E-state index contributed by atoms with van der Waals surface area (Å²) in [5.41, 5.74) is 9.12. The van der Waals surface area contributed by atoms with E-state index in [1.165, 1.54) is 5.56 Å². The second kappa shape index (κ2) is 5.65. The molecule has 1 atom stereocenters. The molecule has 4 N–H and O–H groups in total. The average Bonchev–Trinajstić information content (AvgIpc) is 2.41. The van der Waals surface area contributed by atoms with Crippen LogP contribution in [0.1, 0.15) is 34.5 Å². The zero-order chi connectivity index (χ0) is 14.7. The molecule has 0 spiro atoms. The lowest BCUT2D eigenvalue weighted by Gasteiger charge is -2.16. The summed E-state index contributed by atoms with van der Waals surface area (Å²) < 4.78 is 0. The molecule has 0 aromatic heterocycles. The van der Waals surface area contributed by atoms with Crippen LogP contribution in [-0.4, -0.2) is 11.1 Å². The van der Waals surface area contributed by atoms with E-state index in [2.05, 4.69) is 29.6 Å². The Morgan fingerprint density at radius 2 is 1.85 bits per heavy atom. The number of nitrogens with one attached hydrogen (secondary N) is 1. The van der Waals surface area contributed by atoms with Gasteiger partial charge in [-0.05, 0) is 37.6 Å². The van der Waals surface area contributed by atoms with Gasteiger partial charge < -0.3 is 16.2 Å². The van der Waals surface area contributed by atoms with Crippen molar-refractivity contribution in [2.75, 3.05) is 11.1 Å². The van der Waals surface area contributed by atoms with Gasteiger partial charge >= 0.3 is 5.97 Å². The maximum absolute atomic E-state index is 11.1. The third-order valence-electron chi connectivity index (χ3n) is 3.24. The highest BCUT2D eigenvalue weighted by Gasteiger charge is 2.10. The van der Waals surface area contributed by atoms with E-state index in [4.69, 9.17) is 10.8 Å². The van der Waals surface area contributed by atoms with Crippen LogP contribution in [0.3, 0.4) is 0 Å². The van der Waals surface area contributed by atoms with Crippen LogP contribution >= 0.6 is 0 Å². The fraction of sp³-hybridized carbons (Fsp3) is 0.188. The van der Waals surface area contributed by atoms with Crippen LogP contribution < -0.4 is 11.1 Å². The van der Waals surface area contributed by atoms with Crippen LogP contribution in [0.25, 0.3) is 0 Å². The molecule has 0 aliphatic carbocycles. The molecular weight excluding hydrogens is 252 g/mol. The minimum Gasteiger partial charge on any atom is -0.478 e. The van der Waals surface area contributed by atoms with Gasteiger partial charge in [0.2, 0.25) is 0 Å². The van der Waals surface area contributed by atoms with Crippen LogP contribution in [0.15, 0.2) is 42.5 Å². The number of nitrogens with two attached hydrogens (primary N) is 1. The number of hydrogen-bond acceptors (Lipinski definition) is 3. The van der Waals surface area contributed by atoms with Crippen molar-refractivity contribution in [2.45, 2.75) is 19.9 Å². The number of hydrogen-bond donors (Lipinski definition) is 3. The molecule has 2 aromatic rings. The molecule has 4 heteroatoms. The Balaban J connectivity index is 2.19. The van der Waals surface area contributed by atoms with Crippen LogP contribution in [0.4, 0.5) is 11.4 Å². The number of carbonyl (C=O) groups is 1. The van der Waals surface area contributed by atoms with Crippen molar-refractivity contribution in [3.05, 3.63) is 59.2 Å². The van der Waals surface area contributed by atoms with E-state index in [1.807, 2.05) is 13.8 Å². The zero-order valence-corrected chi connectivity index (χ0v) is 11.6. The first-order chi connectivity index (χ1) is 9.47. The lowest BCUT2D eigenvalue weighted by atomic mass is 10.1. The van der Waals surface area contributed by atoms with Gasteiger partial charge in [0.1, 0.15) is 0 Å². The second-order valence-corrected chi connectivity index (χ2v) is 4.88. The van der Waals surface area contributed by atoms with Gasteiger partial charge in [0, 0.05) is 17.4 Å². The van der Waals surface area contributed by atoms with Crippen molar-refractivity contribution >= 4 is 17.3 Å². The topological polar surface area (TPSA) is 75.3 Å². The van der Waals surface area contributed by atoms with Crippen molar-refractivity contribution < 1.29 is 9.90 Å². The van der Waals surface area contributed by atoms with Gasteiger partial charge in [0.15, 0.2) is 0 Å². The predicted octanol–water partition coefficient (Wildman–Crippen LogP) is 3.45. The monoisotopic (exact) mass is 270 g/mol. The molecule has 0 saturated carbocycles. The number of aryl methyl sites for hydroxylation is 1. The lowest BCUT2D eigenvalue weighted by Crippen LogP contribution is -2.08. The van der Waals surface area contributed by atoms with Crippen LogP contribution in [0.2, 0.25) is 0 Å². The number of nitrogen functional groups attached to an aromatic ring is 1. The molecule has 0 aliphatic heterocycles. The molecule has 20 heavy (non-hydrogen) atoms. The first-order valence-electron chi connectivity index (χ1n) is 6.43. The van der Waals surface area contributed by atoms with E-state index in [9.17, 15) is 4.79 Å². The molecule has 0 radical (unpaired) electrons. The molecule has 2 rings (SSSR count). The standard InChI is InChI=1S/C16H18N2O2/c1-10-3-5-12(6-4-10)11(2)18-13-7-8-15(17)14(9-13)16(19)20/h3-9,11,18H,17H2,1-2H3,(H,19,20). The van der Waals surface area contributed by atoms with Gasteiger partial charge in [0.25, 0.3) is 0 Å². The van der Waals surface area contributed by atoms with Crippen molar-refractivity contribution in [3.8, 4) is 0 Å². The summed E-state index contributed by atoms with van der Waals surface area (Å²) in [5.74, 6) is -1.02. The normalized spacial score (nSPS) is 11.9. The highest BCUT2D eigenvalue weighted by atomic mass is 16.4. The minimum absolute atomic E-state index is 0.0841. The SMILES string of the molecule is Cc1ccc(C(C)Nc2ccc(N)c(C(=O)O)c2)cc1. The van der Waals surface area contributed by atoms with Gasteiger partial charge in [-0.15, -0.1) is 0 Å². The average molecular weight is 270 g/mol. The maximum atomic E-state index is 11.1. The summed E-state index contributed by atoms with van der Waals surface area (Å²) in [5, 5.41) is 12.3. The lowest BCUT2D eigenvalue weighted by molar-refractivity contribution is 0.0698.